The lowest BCUT2D eigenvalue weighted by Crippen LogP contribution is -2.45. The molecule has 1 fully saturated rings. The number of nitrogens with zero attached hydrogens (tertiary/aromatic N) is 4. The minimum atomic E-state index is -3.78. The van der Waals surface area contributed by atoms with Crippen LogP contribution in [0.25, 0.3) is 0 Å². The molecule has 0 atom stereocenters. The summed E-state index contributed by atoms with van der Waals surface area (Å²) < 4.78 is 28.2. The summed E-state index contributed by atoms with van der Waals surface area (Å²) in [7, 11) is -1.72. The Kier molecular flexibility index (Phi) is 6.95. The van der Waals surface area contributed by atoms with Crippen LogP contribution in [0.4, 0.5) is 11.5 Å². The number of H-pyrrole nitrogens is 1. The summed E-state index contributed by atoms with van der Waals surface area (Å²) in [4.78, 5) is 30.3. The van der Waals surface area contributed by atoms with Gasteiger partial charge >= 0.3 is 0 Å². The third-order valence-corrected chi connectivity index (χ3v) is 9.25. The fourth-order valence-corrected chi connectivity index (χ4v) is 6.81. The van der Waals surface area contributed by atoms with E-state index in [9.17, 15) is 18.0 Å². The van der Waals surface area contributed by atoms with E-state index in [1.54, 1.807) is 42.5 Å². The Bertz CT molecular complexity index is 1510. The third kappa shape index (κ3) is 5.14. The zero-order valence-electron chi connectivity index (χ0n) is 22.3. The fraction of sp³-hybridized carbons (Fsp3) is 0.370. The van der Waals surface area contributed by atoms with Crippen molar-refractivity contribution in [1.29, 1.82) is 0 Å². The molecule has 206 valence electrons. The van der Waals surface area contributed by atoms with Gasteiger partial charge in [-0.2, -0.15) is 9.40 Å². The standard InChI is InChI=1S/C27H33N7O4S/c1-27(2)17-34(39(37,38)19-7-5-4-6-8-19)16-22-23(27)30-31-25(22)29-26(36)20-10-9-18(15-21(20)24(28)35)33-13-11-32(3)12-14-33/h4-10,15H,11-14,16-17H2,1-3H3,(H2,28,35)(H2,29,30,31,36). The molecule has 0 radical (unpaired) electrons. The molecule has 0 spiro atoms. The lowest BCUT2D eigenvalue weighted by molar-refractivity contribution is 0.0977. The van der Waals surface area contributed by atoms with Gasteiger partial charge in [0.25, 0.3) is 5.91 Å². The van der Waals surface area contributed by atoms with Gasteiger partial charge in [-0.1, -0.05) is 32.0 Å². The van der Waals surface area contributed by atoms with E-state index in [2.05, 4.69) is 32.4 Å². The summed E-state index contributed by atoms with van der Waals surface area (Å²) >= 11 is 0. The summed E-state index contributed by atoms with van der Waals surface area (Å²) in [5.74, 6) is -1.04. The maximum atomic E-state index is 13.4. The van der Waals surface area contributed by atoms with E-state index < -0.39 is 27.3 Å². The van der Waals surface area contributed by atoms with Crippen LogP contribution in [0.2, 0.25) is 0 Å². The molecule has 0 unspecified atom stereocenters. The SMILES string of the molecule is CN1CCN(c2ccc(C(=O)Nc3n[nH]c4c3CN(S(=O)(=O)c3ccccc3)CC4(C)C)c(C(N)=O)c2)CC1. The molecular formula is C27H33N7O4S. The van der Waals surface area contributed by atoms with E-state index in [1.807, 2.05) is 19.9 Å². The van der Waals surface area contributed by atoms with Crippen molar-refractivity contribution < 1.29 is 18.0 Å². The highest BCUT2D eigenvalue weighted by Gasteiger charge is 2.41. The molecule has 3 aromatic rings. The molecule has 0 bridgehead atoms. The smallest absolute Gasteiger partial charge is 0.257 e. The second-order valence-corrected chi connectivity index (χ2v) is 12.7. The van der Waals surface area contributed by atoms with E-state index in [1.165, 1.54) is 4.31 Å². The van der Waals surface area contributed by atoms with Gasteiger partial charge in [-0.25, -0.2) is 8.42 Å². The summed E-state index contributed by atoms with van der Waals surface area (Å²) in [5.41, 5.74) is 7.48. The van der Waals surface area contributed by atoms with Crippen LogP contribution in [-0.2, 0) is 22.0 Å². The van der Waals surface area contributed by atoms with Gasteiger partial charge in [0.15, 0.2) is 5.82 Å². The number of nitrogens with one attached hydrogen (secondary N) is 2. The van der Waals surface area contributed by atoms with Crippen molar-refractivity contribution in [2.24, 2.45) is 5.73 Å². The lowest BCUT2D eigenvalue weighted by Gasteiger charge is -2.36. The van der Waals surface area contributed by atoms with E-state index in [4.69, 9.17) is 5.73 Å². The number of carbonyl (C=O) groups is 2. The van der Waals surface area contributed by atoms with Crippen molar-refractivity contribution in [3.63, 3.8) is 0 Å². The number of likely N-dealkylation sites (N-methyl/N-ethyl adjacent to an activating group) is 1. The zero-order valence-corrected chi connectivity index (χ0v) is 23.1. The van der Waals surface area contributed by atoms with Gasteiger partial charge in [0.2, 0.25) is 15.9 Å². The number of hydrogen-bond acceptors (Lipinski definition) is 7. The molecule has 12 heteroatoms. The number of aromatic amines is 1. The van der Waals surface area contributed by atoms with Crippen molar-refractivity contribution in [3.8, 4) is 0 Å². The van der Waals surface area contributed by atoms with Gasteiger partial charge in [-0.3, -0.25) is 14.7 Å². The third-order valence-electron chi connectivity index (χ3n) is 7.44. The van der Waals surface area contributed by atoms with Gasteiger partial charge < -0.3 is 20.9 Å². The maximum absolute atomic E-state index is 13.4. The van der Waals surface area contributed by atoms with E-state index in [-0.39, 0.29) is 34.9 Å². The molecule has 2 aliphatic rings. The van der Waals surface area contributed by atoms with Gasteiger partial charge in [0.05, 0.1) is 16.0 Å². The molecule has 4 N–H and O–H groups in total. The number of fused-ring (bicyclic) bond motifs is 1. The molecule has 1 aromatic heterocycles. The van der Waals surface area contributed by atoms with Gasteiger partial charge in [0, 0.05) is 61.6 Å². The number of primary amides is 1. The summed E-state index contributed by atoms with van der Waals surface area (Å²) in [5, 5.41) is 10.1. The van der Waals surface area contributed by atoms with Crippen LogP contribution in [-0.4, -0.2) is 79.4 Å². The van der Waals surface area contributed by atoms with Crippen molar-refractivity contribution in [1.82, 2.24) is 19.4 Å². The number of sulfonamides is 1. The molecule has 1 saturated heterocycles. The second kappa shape index (κ2) is 10.1. The molecule has 2 aliphatic heterocycles. The predicted molar refractivity (Wildman–Crippen MR) is 148 cm³/mol. The molecule has 0 saturated carbocycles. The Morgan fingerprint density at radius 2 is 1.72 bits per heavy atom. The molecule has 2 amide bonds. The van der Waals surface area contributed by atoms with Crippen LogP contribution in [0.1, 0.15) is 45.8 Å². The average molecular weight is 552 g/mol. The molecular weight excluding hydrogens is 518 g/mol. The molecule has 5 rings (SSSR count). The Morgan fingerprint density at radius 1 is 1.03 bits per heavy atom. The summed E-state index contributed by atoms with van der Waals surface area (Å²) in [6, 6.07) is 13.3. The fourth-order valence-electron chi connectivity index (χ4n) is 5.22. The topological polar surface area (TPSA) is 145 Å². The van der Waals surface area contributed by atoms with E-state index in [0.717, 1.165) is 37.6 Å². The average Bonchev–Trinajstić information content (AvgIpc) is 3.32. The number of piperazine rings is 1. The largest absolute Gasteiger partial charge is 0.369 e. The monoisotopic (exact) mass is 551 g/mol. The first-order valence-corrected chi connectivity index (χ1v) is 14.2. The first-order chi connectivity index (χ1) is 18.5. The Morgan fingerprint density at radius 3 is 2.38 bits per heavy atom. The number of nitrogens with two attached hydrogens (primary N) is 1. The first-order valence-electron chi connectivity index (χ1n) is 12.8. The number of rotatable bonds is 6. The van der Waals surface area contributed by atoms with Gasteiger partial charge in [-0.15, -0.1) is 0 Å². The van der Waals surface area contributed by atoms with E-state index >= 15 is 0 Å². The Hall–Kier alpha value is -3.74. The number of aromatic nitrogens is 2. The number of benzene rings is 2. The Labute approximate surface area is 228 Å². The van der Waals surface area contributed by atoms with Gasteiger partial charge in [-0.05, 0) is 37.4 Å². The molecule has 0 aliphatic carbocycles. The molecule has 3 heterocycles. The minimum absolute atomic E-state index is 0.0348. The Balaban J connectivity index is 1.42. The van der Waals surface area contributed by atoms with Crippen LogP contribution < -0.4 is 16.0 Å². The second-order valence-electron chi connectivity index (χ2n) is 10.7. The number of amides is 2. The van der Waals surface area contributed by atoms with Crippen LogP contribution in [0.15, 0.2) is 53.4 Å². The minimum Gasteiger partial charge on any atom is -0.369 e. The van der Waals surface area contributed by atoms with Crippen LogP contribution in [0, 0.1) is 0 Å². The van der Waals surface area contributed by atoms with Gasteiger partial charge in [0.1, 0.15) is 0 Å². The van der Waals surface area contributed by atoms with Crippen molar-refractivity contribution in [3.05, 3.63) is 70.9 Å². The van der Waals surface area contributed by atoms with Crippen LogP contribution in [0.3, 0.4) is 0 Å². The highest BCUT2D eigenvalue weighted by atomic mass is 32.2. The van der Waals surface area contributed by atoms with Crippen LogP contribution in [0.5, 0.6) is 0 Å². The number of anilines is 2. The summed E-state index contributed by atoms with van der Waals surface area (Å²) in [6.45, 7) is 7.52. The number of carbonyl (C=O) groups excluding carboxylic acids is 2. The highest BCUT2D eigenvalue weighted by molar-refractivity contribution is 7.89. The van der Waals surface area contributed by atoms with Crippen LogP contribution >= 0.6 is 0 Å². The molecule has 11 nitrogen and oxygen atoms in total. The van der Waals surface area contributed by atoms with Crippen molar-refractivity contribution in [2.45, 2.75) is 30.7 Å². The maximum Gasteiger partial charge on any atom is 0.257 e. The van der Waals surface area contributed by atoms with Crippen molar-refractivity contribution >= 4 is 33.3 Å². The zero-order chi connectivity index (χ0) is 27.9. The summed E-state index contributed by atoms with van der Waals surface area (Å²) in [6.07, 6.45) is 0. The molecule has 2 aromatic carbocycles. The predicted octanol–water partition coefficient (Wildman–Crippen LogP) is 1.99. The lowest BCUT2D eigenvalue weighted by atomic mass is 9.84. The van der Waals surface area contributed by atoms with Crippen molar-refractivity contribution in [2.75, 3.05) is 50.0 Å². The molecule has 39 heavy (non-hydrogen) atoms. The normalized spacial score (nSPS) is 18.0. The highest BCUT2D eigenvalue weighted by Crippen LogP contribution is 2.38. The first kappa shape index (κ1) is 26.9. The number of hydrogen-bond donors (Lipinski definition) is 3. The van der Waals surface area contributed by atoms with E-state index in [0.29, 0.717) is 5.56 Å². The quantitative estimate of drug-likeness (QED) is 0.425.